The first-order valence-corrected chi connectivity index (χ1v) is 6.96. The first-order chi connectivity index (χ1) is 8.99. The molecule has 1 unspecified atom stereocenters. The summed E-state index contributed by atoms with van der Waals surface area (Å²) in [5, 5.41) is 14.0. The lowest BCUT2D eigenvalue weighted by Crippen LogP contribution is -2.25. The molecule has 0 aliphatic heterocycles. The molecule has 19 heavy (non-hydrogen) atoms. The Morgan fingerprint density at radius 3 is 2.79 bits per heavy atom. The van der Waals surface area contributed by atoms with Gasteiger partial charge < -0.3 is 10.1 Å². The van der Waals surface area contributed by atoms with Crippen LogP contribution in [-0.2, 0) is 4.74 Å². The molecule has 0 aromatic heterocycles. The summed E-state index contributed by atoms with van der Waals surface area (Å²) in [6.45, 7) is 2.42. The number of rotatable bonds is 7. The highest BCUT2D eigenvalue weighted by atomic mass is 127. The summed E-state index contributed by atoms with van der Waals surface area (Å²) in [6, 6.07) is 2.32. The monoisotopic (exact) mass is 382 g/mol. The van der Waals surface area contributed by atoms with Gasteiger partial charge in [0.25, 0.3) is 5.69 Å². The van der Waals surface area contributed by atoms with Gasteiger partial charge in [0, 0.05) is 25.3 Å². The molecular weight excluding hydrogens is 366 g/mol. The van der Waals surface area contributed by atoms with E-state index in [0.29, 0.717) is 6.61 Å². The third-order valence-electron chi connectivity index (χ3n) is 2.60. The molecule has 0 bridgehead atoms. The molecule has 0 amide bonds. The molecule has 1 atom stereocenters. The van der Waals surface area contributed by atoms with Gasteiger partial charge in [0.2, 0.25) is 0 Å². The van der Waals surface area contributed by atoms with Crippen LogP contribution in [0.5, 0.6) is 0 Å². The van der Waals surface area contributed by atoms with Gasteiger partial charge in [-0.3, -0.25) is 10.1 Å². The zero-order valence-electron chi connectivity index (χ0n) is 10.8. The second-order valence-corrected chi connectivity index (χ2v) is 5.29. The third-order valence-corrected chi connectivity index (χ3v) is 3.43. The lowest BCUT2D eigenvalue weighted by molar-refractivity contribution is -0.384. The maximum atomic E-state index is 13.5. The van der Waals surface area contributed by atoms with Crippen LogP contribution in [0.1, 0.15) is 19.8 Å². The number of nitrogens with zero attached hydrogens (tertiary/aromatic N) is 1. The van der Waals surface area contributed by atoms with Crippen LogP contribution in [0.2, 0.25) is 0 Å². The third kappa shape index (κ3) is 4.57. The molecule has 0 aliphatic rings. The fourth-order valence-corrected chi connectivity index (χ4v) is 2.22. The van der Waals surface area contributed by atoms with Gasteiger partial charge in [0.05, 0.1) is 15.1 Å². The van der Waals surface area contributed by atoms with Crippen molar-refractivity contribution >= 4 is 34.0 Å². The van der Waals surface area contributed by atoms with Crippen LogP contribution in [0, 0.1) is 19.5 Å². The summed E-state index contributed by atoms with van der Waals surface area (Å²) in [6.07, 6.45) is 1.69. The Morgan fingerprint density at radius 2 is 2.26 bits per heavy atom. The first-order valence-electron chi connectivity index (χ1n) is 5.88. The Bertz CT molecular complexity index is 451. The Hall–Kier alpha value is -0.960. The van der Waals surface area contributed by atoms with Crippen molar-refractivity contribution < 1.29 is 14.1 Å². The minimum Gasteiger partial charge on any atom is -0.383 e. The smallest absolute Gasteiger partial charge is 0.293 e. The molecule has 0 heterocycles. The maximum Gasteiger partial charge on any atom is 0.293 e. The Morgan fingerprint density at radius 1 is 1.58 bits per heavy atom. The molecule has 0 saturated heterocycles. The number of methoxy groups -OCH3 is 1. The zero-order chi connectivity index (χ0) is 14.4. The van der Waals surface area contributed by atoms with E-state index in [4.69, 9.17) is 4.74 Å². The van der Waals surface area contributed by atoms with Crippen molar-refractivity contribution in [2.45, 2.75) is 25.8 Å². The Labute approximate surface area is 124 Å². The molecule has 106 valence electrons. The number of hydrogen-bond acceptors (Lipinski definition) is 4. The van der Waals surface area contributed by atoms with E-state index in [9.17, 15) is 14.5 Å². The quantitative estimate of drug-likeness (QED) is 0.445. The molecule has 5 nitrogen and oxygen atoms in total. The highest BCUT2D eigenvalue weighted by Crippen LogP contribution is 2.29. The van der Waals surface area contributed by atoms with Gasteiger partial charge in [-0.15, -0.1) is 0 Å². The number of halogens is 2. The predicted molar refractivity (Wildman–Crippen MR) is 80.0 cm³/mol. The van der Waals surface area contributed by atoms with E-state index in [2.05, 4.69) is 5.32 Å². The van der Waals surface area contributed by atoms with Gasteiger partial charge in [-0.05, 0) is 29.0 Å². The van der Waals surface area contributed by atoms with E-state index in [1.165, 1.54) is 6.07 Å². The van der Waals surface area contributed by atoms with Gasteiger partial charge in [-0.1, -0.05) is 13.3 Å². The van der Waals surface area contributed by atoms with Crippen molar-refractivity contribution in [3.63, 3.8) is 0 Å². The van der Waals surface area contributed by atoms with Crippen LogP contribution < -0.4 is 5.32 Å². The molecule has 0 aliphatic carbocycles. The minimum atomic E-state index is -0.514. The number of nitro benzene ring substituents is 1. The van der Waals surface area contributed by atoms with Crippen molar-refractivity contribution in [2.24, 2.45) is 0 Å². The largest absolute Gasteiger partial charge is 0.383 e. The fourth-order valence-electron chi connectivity index (χ4n) is 1.77. The molecule has 0 saturated carbocycles. The standard InChI is InChI=1S/C12H16FIN2O3/c1-3-4-8(7-19-2)15-11-5-9(13)10(14)6-12(11)16(17)18/h5-6,8,15H,3-4,7H2,1-2H3. The number of hydrogen-bond donors (Lipinski definition) is 1. The molecule has 7 heteroatoms. The topological polar surface area (TPSA) is 64.4 Å². The molecule has 1 rings (SSSR count). The van der Waals surface area contributed by atoms with E-state index in [1.807, 2.05) is 6.92 Å². The highest BCUT2D eigenvalue weighted by molar-refractivity contribution is 14.1. The normalized spacial score (nSPS) is 12.2. The van der Waals surface area contributed by atoms with Crippen molar-refractivity contribution in [1.29, 1.82) is 0 Å². The molecular formula is C12H16FIN2O3. The molecule has 1 aromatic rings. The number of ether oxygens (including phenoxy) is 1. The number of benzene rings is 1. The summed E-state index contributed by atoms with van der Waals surface area (Å²) < 4.78 is 18.8. The number of nitro groups is 1. The average molecular weight is 382 g/mol. The maximum absolute atomic E-state index is 13.5. The lowest BCUT2D eigenvalue weighted by atomic mass is 10.1. The van der Waals surface area contributed by atoms with E-state index in [-0.39, 0.29) is 21.0 Å². The van der Waals surface area contributed by atoms with Crippen LogP contribution >= 0.6 is 22.6 Å². The summed E-state index contributed by atoms with van der Waals surface area (Å²) in [5.41, 5.74) is 0.0708. The van der Waals surface area contributed by atoms with Crippen LogP contribution in [0.15, 0.2) is 12.1 Å². The minimum absolute atomic E-state index is 0.0758. The van der Waals surface area contributed by atoms with E-state index >= 15 is 0 Å². The fraction of sp³-hybridized carbons (Fsp3) is 0.500. The zero-order valence-corrected chi connectivity index (χ0v) is 12.9. The second-order valence-electron chi connectivity index (χ2n) is 4.13. The number of nitrogens with one attached hydrogen (secondary N) is 1. The first kappa shape index (κ1) is 16.1. The van der Waals surface area contributed by atoms with Gasteiger partial charge in [-0.25, -0.2) is 4.39 Å². The van der Waals surface area contributed by atoms with Gasteiger partial charge in [-0.2, -0.15) is 0 Å². The van der Waals surface area contributed by atoms with E-state index in [0.717, 1.165) is 18.9 Å². The molecule has 1 aromatic carbocycles. The van der Waals surface area contributed by atoms with E-state index in [1.54, 1.807) is 29.7 Å². The number of anilines is 1. The summed E-state index contributed by atoms with van der Waals surface area (Å²) >= 11 is 1.74. The van der Waals surface area contributed by atoms with Crippen LogP contribution in [0.4, 0.5) is 15.8 Å². The van der Waals surface area contributed by atoms with Crippen LogP contribution in [-0.4, -0.2) is 24.7 Å². The van der Waals surface area contributed by atoms with Gasteiger partial charge >= 0.3 is 0 Å². The van der Waals surface area contributed by atoms with Crippen molar-refractivity contribution in [3.8, 4) is 0 Å². The molecule has 0 spiro atoms. The molecule has 0 fully saturated rings. The average Bonchev–Trinajstić information content (AvgIpc) is 2.33. The molecule has 0 radical (unpaired) electrons. The van der Waals surface area contributed by atoms with Crippen LogP contribution in [0.3, 0.4) is 0 Å². The SMILES string of the molecule is CCCC(COC)Nc1cc(F)c(I)cc1[N+](=O)[O-]. The molecule has 1 N–H and O–H groups in total. The Kier molecular flexibility index (Phi) is 6.43. The predicted octanol–water partition coefficient (Wildman–Crippen LogP) is 3.57. The van der Waals surface area contributed by atoms with Crippen molar-refractivity contribution in [1.82, 2.24) is 0 Å². The van der Waals surface area contributed by atoms with Crippen molar-refractivity contribution in [2.75, 3.05) is 19.0 Å². The Balaban J connectivity index is 3.03. The van der Waals surface area contributed by atoms with E-state index < -0.39 is 10.7 Å². The van der Waals surface area contributed by atoms with Gasteiger partial charge in [0.15, 0.2) is 0 Å². The second kappa shape index (κ2) is 7.59. The summed E-state index contributed by atoms with van der Waals surface area (Å²) in [7, 11) is 1.56. The lowest BCUT2D eigenvalue weighted by Gasteiger charge is -2.18. The van der Waals surface area contributed by atoms with Crippen LogP contribution in [0.25, 0.3) is 0 Å². The summed E-state index contributed by atoms with van der Waals surface area (Å²) in [5.74, 6) is -0.471. The van der Waals surface area contributed by atoms with Gasteiger partial charge in [0.1, 0.15) is 11.5 Å². The highest BCUT2D eigenvalue weighted by Gasteiger charge is 2.20. The van der Waals surface area contributed by atoms with Crippen molar-refractivity contribution in [3.05, 3.63) is 31.6 Å². The summed E-state index contributed by atoms with van der Waals surface area (Å²) in [4.78, 5) is 10.5.